The van der Waals surface area contributed by atoms with Crippen molar-refractivity contribution in [2.75, 3.05) is 0 Å². The Morgan fingerprint density at radius 1 is 1.50 bits per heavy atom. The van der Waals surface area contributed by atoms with E-state index in [-0.39, 0.29) is 11.7 Å². The summed E-state index contributed by atoms with van der Waals surface area (Å²) >= 11 is 0. The van der Waals surface area contributed by atoms with Crippen molar-refractivity contribution in [1.82, 2.24) is 0 Å². The zero-order chi connectivity index (χ0) is 9.14. The lowest BCUT2D eigenvalue weighted by molar-refractivity contribution is 0.614. The van der Waals surface area contributed by atoms with E-state index in [1.54, 1.807) is 13.0 Å². The zero-order valence-electron chi connectivity index (χ0n) is 7.47. The summed E-state index contributed by atoms with van der Waals surface area (Å²) in [5.41, 5.74) is 1.75. The second-order valence-corrected chi connectivity index (χ2v) is 2.98. The molecule has 0 heterocycles. The van der Waals surface area contributed by atoms with Crippen LogP contribution in [0.25, 0.3) is 0 Å². The molecule has 12 heavy (non-hydrogen) atoms. The summed E-state index contributed by atoms with van der Waals surface area (Å²) in [6.45, 7) is 7.49. The second-order valence-electron chi connectivity index (χ2n) is 2.98. The molecular weight excluding hydrogens is 151 g/mol. The molecule has 0 aliphatic heterocycles. The molecule has 1 atom stereocenters. The molecule has 0 saturated carbocycles. The Hall–Kier alpha value is -1.11. The van der Waals surface area contributed by atoms with Crippen LogP contribution >= 0.6 is 0 Å². The number of halogens is 1. The van der Waals surface area contributed by atoms with Crippen molar-refractivity contribution in [2.24, 2.45) is 0 Å². The summed E-state index contributed by atoms with van der Waals surface area (Å²) in [6, 6.07) is 5.15. The third-order valence-corrected chi connectivity index (χ3v) is 2.15. The van der Waals surface area contributed by atoms with E-state index in [0.29, 0.717) is 0 Å². The van der Waals surface area contributed by atoms with Gasteiger partial charge in [0.1, 0.15) is 5.82 Å². The van der Waals surface area contributed by atoms with Crippen molar-refractivity contribution in [1.29, 1.82) is 0 Å². The maximum atomic E-state index is 13.0. The third kappa shape index (κ3) is 1.55. The summed E-state index contributed by atoms with van der Waals surface area (Å²) in [4.78, 5) is 0. The first-order valence-corrected chi connectivity index (χ1v) is 4.04. The van der Waals surface area contributed by atoms with Gasteiger partial charge in [0.25, 0.3) is 0 Å². The molecule has 0 amide bonds. The Balaban J connectivity index is 3.15. The van der Waals surface area contributed by atoms with Crippen LogP contribution in [0.5, 0.6) is 0 Å². The Labute approximate surface area is 72.7 Å². The summed E-state index contributed by atoms with van der Waals surface area (Å²) in [6.07, 6.45) is 1.82. The van der Waals surface area contributed by atoms with Gasteiger partial charge in [-0.15, -0.1) is 6.58 Å². The van der Waals surface area contributed by atoms with Crippen LogP contribution in [0.3, 0.4) is 0 Å². The minimum atomic E-state index is -0.138. The highest BCUT2D eigenvalue weighted by molar-refractivity contribution is 5.32. The van der Waals surface area contributed by atoms with E-state index in [1.165, 1.54) is 6.07 Å². The van der Waals surface area contributed by atoms with Gasteiger partial charge in [-0.05, 0) is 30.0 Å². The van der Waals surface area contributed by atoms with Crippen LogP contribution in [-0.2, 0) is 0 Å². The molecule has 64 valence electrons. The average Bonchev–Trinajstić information content (AvgIpc) is 2.08. The zero-order valence-corrected chi connectivity index (χ0v) is 7.47. The molecule has 0 saturated heterocycles. The Morgan fingerprint density at radius 3 is 2.75 bits per heavy atom. The molecule has 0 aromatic heterocycles. The molecule has 1 rings (SSSR count). The van der Waals surface area contributed by atoms with Crippen molar-refractivity contribution < 1.29 is 4.39 Å². The highest BCUT2D eigenvalue weighted by Gasteiger charge is 2.06. The van der Waals surface area contributed by atoms with Crippen LogP contribution < -0.4 is 0 Å². The first kappa shape index (κ1) is 8.98. The van der Waals surface area contributed by atoms with Crippen LogP contribution in [0.2, 0.25) is 0 Å². The predicted octanol–water partition coefficient (Wildman–Crippen LogP) is 3.42. The van der Waals surface area contributed by atoms with Gasteiger partial charge >= 0.3 is 0 Å². The molecule has 0 N–H and O–H groups in total. The van der Waals surface area contributed by atoms with E-state index in [4.69, 9.17) is 0 Å². The Bertz CT molecular complexity index is 289. The second kappa shape index (κ2) is 3.53. The minimum Gasteiger partial charge on any atom is -0.207 e. The van der Waals surface area contributed by atoms with E-state index >= 15 is 0 Å². The quantitative estimate of drug-likeness (QED) is 0.587. The van der Waals surface area contributed by atoms with Crippen LogP contribution in [-0.4, -0.2) is 0 Å². The fraction of sp³-hybridized carbons (Fsp3) is 0.273. The number of rotatable bonds is 2. The largest absolute Gasteiger partial charge is 0.207 e. The SMILES string of the molecule is C=CC(C)c1cccc(F)c1C. The molecule has 1 unspecified atom stereocenters. The van der Waals surface area contributed by atoms with Gasteiger partial charge < -0.3 is 0 Å². The minimum absolute atomic E-state index is 0.138. The van der Waals surface area contributed by atoms with Crippen LogP contribution in [0.15, 0.2) is 30.9 Å². The maximum Gasteiger partial charge on any atom is 0.126 e. The van der Waals surface area contributed by atoms with Gasteiger partial charge in [-0.1, -0.05) is 25.1 Å². The molecule has 1 heteroatoms. The highest BCUT2D eigenvalue weighted by atomic mass is 19.1. The predicted molar refractivity (Wildman–Crippen MR) is 49.7 cm³/mol. The molecule has 1 aromatic rings. The maximum absolute atomic E-state index is 13.0. The number of allylic oxidation sites excluding steroid dienone is 1. The third-order valence-electron chi connectivity index (χ3n) is 2.15. The normalized spacial score (nSPS) is 12.6. The summed E-state index contributed by atoms with van der Waals surface area (Å²) in [5.74, 6) is 0.0851. The van der Waals surface area contributed by atoms with Gasteiger partial charge in [0, 0.05) is 0 Å². The first-order valence-electron chi connectivity index (χ1n) is 4.04. The molecule has 1 aromatic carbocycles. The lowest BCUT2D eigenvalue weighted by Crippen LogP contribution is -1.95. The molecule has 0 nitrogen and oxygen atoms in total. The van der Waals surface area contributed by atoms with E-state index in [9.17, 15) is 4.39 Å². The summed E-state index contributed by atoms with van der Waals surface area (Å²) in [7, 11) is 0. The Morgan fingerprint density at radius 2 is 2.17 bits per heavy atom. The number of hydrogen-bond donors (Lipinski definition) is 0. The molecule has 0 radical (unpaired) electrons. The van der Waals surface area contributed by atoms with Crippen LogP contribution in [0.1, 0.15) is 24.0 Å². The van der Waals surface area contributed by atoms with Gasteiger partial charge in [-0.3, -0.25) is 0 Å². The van der Waals surface area contributed by atoms with Gasteiger partial charge in [-0.2, -0.15) is 0 Å². The van der Waals surface area contributed by atoms with Gasteiger partial charge in [0.2, 0.25) is 0 Å². The molecule has 0 aliphatic rings. The fourth-order valence-electron chi connectivity index (χ4n) is 1.24. The highest BCUT2D eigenvalue weighted by Crippen LogP contribution is 2.21. The van der Waals surface area contributed by atoms with Crippen molar-refractivity contribution in [3.05, 3.63) is 47.8 Å². The molecule has 0 spiro atoms. The first-order chi connectivity index (χ1) is 5.66. The standard InChI is InChI=1S/C11H13F/c1-4-8(2)10-6-5-7-11(12)9(10)3/h4-8H,1H2,2-3H3. The van der Waals surface area contributed by atoms with Gasteiger partial charge in [0.05, 0.1) is 0 Å². The van der Waals surface area contributed by atoms with E-state index in [1.807, 2.05) is 19.1 Å². The average molecular weight is 164 g/mol. The van der Waals surface area contributed by atoms with Crippen molar-refractivity contribution in [3.8, 4) is 0 Å². The van der Waals surface area contributed by atoms with Crippen molar-refractivity contribution in [3.63, 3.8) is 0 Å². The van der Waals surface area contributed by atoms with E-state index in [2.05, 4.69) is 6.58 Å². The molecule has 0 bridgehead atoms. The fourth-order valence-corrected chi connectivity index (χ4v) is 1.24. The van der Waals surface area contributed by atoms with Crippen molar-refractivity contribution >= 4 is 0 Å². The van der Waals surface area contributed by atoms with E-state index < -0.39 is 0 Å². The van der Waals surface area contributed by atoms with E-state index in [0.717, 1.165) is 11.1 Å². The summed E-state index contributed by atoms with van der Waals surface area (Å²) in [5, 5.41) is 0. The van der Waals surface area contributed by atoms with Crippen LogP contribution in [0, 0.1) is 12.7 Å². The number of benzene rings is 1. The monoisotopic (exact) mass is 164 g/mol. The summed E-state index contributed by atoms with van der Waals surface area (Å²) < 4.78 is 13.0. The molecular formula is C11H13F. The lowest BCUT2D eigenvalue weighted by Gasteiger charge is -2.10. The van der Waals surface area contributed by atoms with Gasteiger partial charge in [-0.25, -0.2) is 4.39 Å². The lowest BCUT2D eigenvalue weighted by atomic mass is 9.96. The Kier molecular flexibility index (Phi) is 2.64. The molecule has 0 aliphatic carbocycles. The van der Waals surface area contributed by atoms with Gasteiger partial charge in [0.15, 0.2) is 0 Å². The topological polar surface area (TPSA) is 0 Å². The number of hydrogen-bond acceptors (Lipinski definition) is 0. The van der Waals surface area contributed by atoms with Crippen molar-refractivity contribution in [2.45, 2.75) is 19.8 Å². The molecule has 0 fully saturated rings. The van der Waals surface area contributed by atoms with Crippen LogP contribution in [0.4, 0.5) is 4.39 Å². The smallest absolute Gasteiger partial charge is 0.126 e.